The maximum absolute atomic E-state index is 12.7. The van der Waals surface area contributed by atoms with E-state index >= 15 is 0 Å². The molecule has 9 heteroatoms. The van der Waals surface area contributed by atoms with Gasteiger partial charge in [-0.25, -0.2) is 0 Å². The van der Waals surface area contributed by atoms with Gasteiger partial charge >= 0.3 is 6.36 Å². The minimum Gasteiger partial charge on any atom is -0.493 e. The van der Waals surface area contributed by atoms with Crippen molar-refractivity contribution >= 4 is 11.6 Å². The van der Waals surface area contributed by atoms with Gasteiger partial charge in [-0.1, -0.05) is 23.7 Å². The van der Waals surface area contributed by atoms with Crippen LogP contribution in [0.2, 0.25) is 5.02 Å². The smallest absolute Gasteiger partial charge is 0.493 e. The van der Waals surface area contributed by atoms with Crippen LogP contribution < -0.4 is 19.5 Å². The van der Waals surface area contributed by atoms with Gasteiger partial charge in [0, 0.05) is 25.7 Å². The lowest BCUT2D eigenvalue weighted by atomic mass is 9.95. The lowest BCUT2D eigenvalue weighted by molar-refractivity contribution is -0.274. The molecule has 0 saturated carbocycles. The van der Waals surface area contributed by atoms with Crippen LogP contribution >= 0.6 is 11.6 Å². The molecule has 5 nitrogen and oxygen atoms in total. The number of rotatable bonds is 6. The third kappa shape index (κ3) is 5.30. The van der Waals surface area contributed by atoms with Crippen molar-refractivity contribution in [2.24, 2.45) is 0 Å². The highest BCUT2D eigenvalue weighted by molar-refractivity contribution is 6.32. The maximum atomic E-state index is 12.7. The number of alkyl halides is 3. The first-order valence-electron chi connectivity index (χ1n) is 9.45. The molecule has 3 rings (SSSR count). The molecule has 1 N–H and O–H groups in total. The second-order valence-corrected chi connectivity index (χ2v) is 7.49. The van der Waals surface area contributed by atoms with Gasteiger partial charge in [-0.15, -0.1) is 13.2 Å². The molecule has 1 heterocycles. The van der Waals surface area contributed by atoms with Gasteiger partial charge in [-0.3, -0.25) is 4.90 Å². The summed E-state index contributed by atoms with van der Waals surface area (Å²) in [6, 6.07) is 10.1. The Morgan fingerprint density at radius 2 is 1.80 bits per heavy atom. The zero-order valence-corrected chi connectivity index (χ0v) is 17.7. The highest BCUT2D eigenvalue weighted by Gasteiger charge is 2.34. The Labute approximate surface area is 178 Å². The fraction of sp³-hybridized carbons (Fsp3) is 0.429. The third-order valence-corrected chi connectivity index (χ3v) is 5.40. The van der Waals surface area contributed by atoms with Crippen LogP contribution in [-0.2, 0) is 6.54 Å². The molecular formula is C21H24ClF3N2O3. The highest BCUT2D eigenvalue weighted by atomic mass is 35.5. The molecular weight excluding hydrogens is 421 g/mol. The predicted octanol–water partition coefficient (Wildman–Crippen LogP) is 4.79. The van der Waals surface area contributed by atoms with Gasteiger partial charge in [0.2, 0.25) is 0 Å². The van der Waals surface area contributed by atoms with Gasteiger partial charge in [0.05, 0.1) is 25.3 Å². The van der Waals surface area contributed by atoms with Gasteiger partial charge in [0.25, 0.3) is 0 Å². The normalized spacial score (nSPS) is 20.1. The Morgan fingerprint density at radius 3 is 2.47 bits per heavy atom. The Hall–Kier alpha value is -2.16. The minimum atomic E-state index is -4.81. The summed E-state index contributed by atoms with van der Waals surface area (Å²) in [6.07, 6.45) is -4.81. The number of hydrogen-bond donors (Lipinski definition) is 1. The molecule has 0 spiro atoms. The Bertz CT molecular complexity index is 879. The Kier molecular flexibility index (Phi) is 7.00. The monoisotopic (exact) mass is 444 g/mol. The number of piperazine rings is 1. The van der Waals surface area contributed by atoms with E-state index < -0.39 is 12.1 Å². The van der Waals surface area contributed by atoms with Crippen LogP contribution in [0, 0.1) is 0 Å². The number of benzene rings is 2. The minimum absolute atomic E-state index is 0.0128. The van der Waals surface area contributed by atoms with Crippen molar-refractivity contribution in [2.45, 2.75) is 31.9 Å². The molecule has 2 atom stereocenters. The largest absolute Gasteiger partial charge is 0.573 e. The van der Waals surface area contributed by atoms with Gasteiger partial charge in [-0.2, -0.15) is 0 Å². The number of ether oxygens (including phenoxy) is 3. The summed E-state index contributed by atoms with van der Waals surface area (Å²) in [5.74, 6) is 0.866. The molecule has 2 aromatic rings. The number of halogens is 4. The zero-order chi connectivity index (χ0) is 21.9. The van der Waals surface area contributed by atoms with Crippen LogP contribution in [0.3, 0.4) is 0 Å². The highest BCUT2D eigenvalue weighted by Crippen LogP contribution is 2.37. The van der Waals surface area contributed by atoms with Crippen LogP contribution in [0.5, 0.6) is 17.2 Å². The average Bonchev–Trinajstić information content (AvgIpc) is 2.69. The van der Waals surface area contributed by atoms with Crippen LogP contribution in [0.25, 0.3) is 0 Å². The lowest BCUT2D eigenvalue weighted by Crippen LogP contribution is -2.51. The second-order valence-electron chi connectivity index (χ2n) is 7.09. The molecule has 0 bridgehead atoms. The first kappa shape index (κ1) is 22.5. The van der Waals surface area contributed by atoms with Gasteiger partial charge < -0.3 is 19.5 Å². The standard InChI is InChI=1S/C21H24ClF3N2O3/c1-13-20(15-5-6-16(22)18(11-15)30-21(23,24)25)27(9-8-26-13)12-14-4-7-17(28-2)19(10-14)29-3/h4-7,10-11,13,20,26H,8-9,12H2,1-3H3/t13?,20-/m1/s1. The predicted molar refractivity (Wildman–Crippen MR) is 108 cm³/mol. The van der Waals surface area contributed by atoms with E-state index in [-0.39, 0.29) is 17.1 Å². The topological polar surface area (TPSA) is 43.0 Å². The SMILES string of the molecule is COc1ccc(CN2CCNC(C)[C@@H]2c2ccc(Cl)c(OC(F)(F)F)c2)cc1OC. The molecule has 1 unspecified atom stereocenters. The summed E-state index contributed by atoms with van der Waals surface area (Å²) < 4.78 is 53.0. The zero-order valence-electron chi connectivity index (χ0n) is 16.9. The first-order chi connectivity index (χ1) is 14.2. The lowest BCUT2D eigenvalue weighted by Gasteiger charge is -2.41. The van der Waals surface area contributed by atoms with Crippen molar-refractivity contribution in [1.29, 1.82) is 0 Å². The molecule has 164 valence electrons. The van der Waals surface area contributed by atoms with E-state index in [4.69, 9.17) is 21.1 Å². The van der Waals surface area contributed by atoms with Crippen LogP contribution in [0.15, 0.2) is 36.4 Å². The Morgan fingerprint density at radius 1 is 1.07 bits per heavy atom. The molecule has 30 heavy (non-hydrogen) atoms. The van der Waals surface area contributed by atoms with E-state index in [0.29, 0.717) is 23.6 Å². The van der Waals surface area contributed by atoms with Crippen molar-refractivity contribution in [3.63, 3.8) is 0 Å². The van der Waals surface area contributed by atoms with Gasteiger partial charge in [0.15, 0.2) is 11.5 Å². The molecule has 0 aliphatic carbocycles. The molecule has 1 fully saturated rings. The summed E-state index contributed by atoms with van der Waals surface area (Å²) in [5, 5.41) is 3.30. The quantitative estimate of drug-likeness (QED) is 0.694. The van der Waals surface area contributed by atoms with E-state index in [9.17, 15) is 13.2 Å². The van der Waals surface area contributed by atoms with E-state index in [1.54, 1.807) is 20.3 Å². The molecule has 2 aromatic carbocycles. The third-order valence-electron chi connectivity index (χ3n) is 5.09. The van der Waals surface area contributed by atoms with Crippen molar-refractivity contribution in [1.82, 2.24) is 10.2 Å². The summed E-state index contributed by atoms with van der Waals surface area (Å²) in [6.45, 7) is 4.09. The number of nitrogens with one attached hydrogen (secondary N) is 1. The van der Waals surface area contributed by atoms with Gasteiger partial charge in [0.1, 0.15) is 5.75 Å². The van der Waals surface area contributed by atoms with Crippen molar-refractivity contribution in [2.75, 3.05) is 27.3 Å². The van der Waals surface area contributed by atoms with E-state index in [1.807, 2.05) is 25.1 Å². The van der Waals surface area contributed by atoms with Crippen LogP contribution in [0.4, 0.5) is 13.2 Å². The first-order valence-corrected chi connectivity index (χ1v) is 9.83. The van der Waals surface area contributed by atoms with E-state index in [2.05, 4.69) is 15.0 Å². The molecule has 0 amide bonds. The van der Waals surface area contributed by atoms with Crippen LogP contribution in [-0.4, -0.2) is 44.6 Å². The summed E-state index contributed by atoms with van der Waals surface area (Å²) in [5.41, 5.74) is 1.70. The summed E-state index contributed by atoms with van der Waals surface area (Å²) in [7, 11) is 3.15. The molecule has 1 aliphatic heterocycles. The number of hydrogen-bond acceptors (Lipinski definition) is 5. The summed E-state index contributed by atoms with van der Waals surface area (Å²) >= 11 is 5.93. The van der Waals surface area contributed by atoms with Crippen molar-refractivity contribution in [3.8, 4) is 17.2 Å². The molecule has 0 radical (unpaired) electrons. The average molecular weight is 445 g/mol. The second kappa shape index (κ2) is 9.32. The van der Waals surface area contributed by atoms with Crippen LogP contribution in [0.1, 0.15) is 24.1 Å². The van der Waals surface area contributed by atoms with Gasteiger partial charge in [-0.05, 0) is 42.3 Å². The fourth-order valence-corrected chi connectivity index (χ4v) is 3.96. The van der Waals surface area contributed by atoms with Crippen molar-refractivity contribution in [3.05, 3.63) is 52.5 Å². The fourth-order valence-electron chi connectivity index (χ4n) is 3.80. The number of nitrogens with zero attached hydrogens (tertiary/aromatic N) is 1. The molecule has 0 aromatic heterocycles. The molecule has 1 aliphatic rings. The number of methoxy groups -OCH3 is 2. The molecule has 1 saturated heterocycles. The summed E-state index contributed by atoms with van der Waals surface area (Å²) in [4.78, 5) is 2.21. The maximum Gasteiger partial charge on any atom is 0.573 e. The van der Waals surface area contributed by atoms with E-state index in [0.717, 1.165) is 18.7 Å². The van der Waals surface area contributed by atoms with Crippen molar-refractivity contribution < 1.29 is 27.4 Å². The van der Waals surface area contributed by atoms with E-state index in [1.165, 1.54) is 12.1 Å². The Balaban J connectivity index is 1.89.